The molecule has 0 fully saturated rings. The monoisotopic (exact) mass is 424 g/mol. The molecule has 1 atom stereocenters. The standard InChI is InChI=1S/C19H19F3N4O4/c1-4-30-18(28)11(2)26-14-9-23-25(10-12-5-7-13(29-3)8-6-12)17(27)15(14)16(24-26)19(20,21)22/h5-9,11H,4,10H2,1-3H3. The number of hydrogen-bond acceptors (Lipinski definition) is 6. The molecule has 8 nitrogen and oxygen atoms in total. The van der Waals surface area contributed by atoms with Crippen LogP contribution < -0.4 is 10.3 Å². The van der Waals surface area contributed by atoms with Crippen molar-refractivity contribution in [2.24, 2.45) is 0 Å². The van der Waals surface area contributed by atoms with E-state index >= 15 is 0 Å². The Kier molecular flexibility index (Phi) is 5.81. The van der Waals surface area contributed by atoms with Gasteiger partial charge in [-0.2, -0.15) is 23.4 Å². The number of methoxy groups -OCH3 is 1. The molecule has 0 aliphatic heterocycles. The molecule has 0 spiro atoms. The molecular formula is C19H19F3N4O4. The van der Waals surface area contributed by atoms with Crippen LogP contribution in [0, 0.1) is 0 Å². The highest BCUT2D eigenvalue weighted by atomic mass is 19.4. The summed E-state index contributed by atoms with van der Waals surface area (Å²) < 4.78 is 52.4. The molecule has 0 amide bonds. The number of halogens is 3. The minimum Gasteiger partial charge on any atom is -0.497 e. The maximum Gasteiger partial charge on any atom is 0.435 e. The van der Waals surface area contributed by atoms with Gasteiger partial charge < -0.3 is 9.47 Å². The first-order valence-electron chi connectivity index (χ1n) is 9.02. The Morgan fingerprint density at radius 1 is 1.23 bits per heavy atom. The molecule has 0 aliphatic rings. The van der Waals surface area contributed by atoms with E-state index in [-0.39, 0.29) is 18.7 Å². The van der Waals surface area contributed by atoms with Crippen LogP contribution in [0.3, 0.4) is 0 Å². The first-order chi connectivity index (χ1) is 14.2. The van der Waals surface area contributed by atoms with E-state index in [0.29, 0.717) is 11.3 Å². The van der Waals surface area contributed by atoms with Gasteiger partial charge in [-0.25, -0.2) is 14.2 Å². The SMILES string of the molecule is CCOC(=O)C(C)n1nc(C(F)(F)F)c2c(=O)n(Cc3ccc(OC)cc3)ncc21. The summed E-state index contributed by atoms with van der Waals surface area (Å²) in [6.07, 6.45) is -3.80. The van der Waals surface area contributed by atoms with E-state index in [9.17, 15) is 22.8 Å². The Balaban J connectivity index is 2.12. The topological polar surface area (TPSA) is 88.2 Å². The minimum atomic E-state index is -4.89. The normalized spacial score (nSPS) is 12.7. The van der Waals surface area contributed by atoms with Crippen molar-refractivity contribution in [2.75, 3.05) is 13.7 Å². The average molecular weight is 424 g/mol. The zero-order valence-corrected chi connectivity index (χ0v) is 16.4. The molecule has 1 unspecified atom stereocenters. The summed E-state index contributed by atoms with van der Waals surface area (Å²) in [5.41, 5.74) is -1.88. The van der Waals surface area contributed by atoms with Gasteiger partial charge in [0.1, 0.15) is 17.2 Å². The van der Waals surface area contributed by atoms with Crippen molar-refractivity contribution in [2.45, 2.75) is 32.6 Å². The number of hydrogen-bond donors (Lipinski definition) is 0. The third-order valence-corrected chi connectivity index (χ3v) is 4.47. The van der Waals surface area contributed by atoms with E-state index in [0.717, 1.165) is 15.6 Å². The van der Waals surface area contributed by atoms with Gasteiger partial charge in [-0.05, 0) is 31.5 Å². The second-order valence-electron chi connectivity index (χ2n) is 6.43. The second kappa shape index (κ2) is 8.17. The van der Waals surface area contributed by atoms with Crippen LogP contribution in [0.5, 0.6) is 5.75 Å². The molecule has 160 valence electrons. The number of carbonyl (C=O) groups is 1. The van der Waals surface area contributed by atoms with Crippen LogP contribution in [0.2, 0.25) is 0 Å². The fraction of sp³-hybridized carbons (Fsp3) is 0.368. The van der Waals surface area contributed by atoms with Gasteiger partial charge in [0, 0.05) is 0 Å². The Hall–Kier alpha value is -3.37. The van der Waals surface area contributed by atoms with Crippen molar-refractivity contribution in [3.8, 4) is 5.75 Å². The molecule has 0 radical (unpaired) electrons. The van der Waals surface area contributed by atoms with Crippen molar-refractivity contribution in [1.29, 1.82) is 0 Å². The summed E-state index contributed by atoms with van der Waals surface area (Å²) >= 11 is 0. The predicted octanol–water partition coefficient (Wildman–Crippen LogP) is 2.79. The smallest absolute Gasteiger partial charge is 0.435 e. The highest BCUT2D eigenvalue weighted by Crippen LogP contribution is 2.33. The second-order valence-corrected chi connectivity index (χ2v) is 6.43. The van der Waals surface area contributed by atoms with Gasteiger partial charge in [0.25, 0.3) is 5.56 Å². The summed E-state index contributed by atoms with van der Waals surface area (Å²) in [5.74, 6) is -0.166. The maximum atomic E-state index is 13.6. The molecule has 0 bridgehead atoms. The minimum absolute atomic E-state index is 0.0469. The third kappa shape index (κ3) is 4.00. The van der Waals surface area contributed by atoms with E-state index in [1.54, 1.807) is 31.2 Å². The number of aromatic nitrogens is 4. The number of nitrogens with zero attached hydrogens (tertiary/aromatic N) is 4. The first kappa shape index (κ1) is 21.3. The summed E-state index contributed by atoms with van der Waals surface area (Å²) in [4.78, 5) is 24.9. The van der Waals surface area contributed by atoms with Gasteiger partial charge >= 0.3 is 12.1 Å². The van der Waals surface area contributed by atoms with E-state index in [2.05, 4.69) is 10.2 Å². The zero-order chi connectivity index (χ0) is 22.1. The van der Waals surface area contributed by atoms with Gasteiger partial charge in [0.05, 0.1) is 32.0 Å². The summed E-state index contributed by atoms with van der Waals surface area (Å²) in [7, 11) is 1.50. The van der Waals surface area contributed by atoms with Crippen LogP contribution in [-0.2, 0) is 22.3 Å². The molecular weight excluding hydrogens is 405 g/mol. The fourth-order valence-electron chi connectivity index (χ4n) is 2.96. The lowest BCUT2D eigenvalue weighted by Gasteiger charge is -2.12. The number of esters is 1. The van der Waals surface area contributed by atoms with Gasteiger partial charge in [-0.1, -0.05) is 12.1 Å². The van der Waals surface area contributed by atoms with Crippen LogP contribution in [0.15, 0.2) is 35.3 Å². The average Bonchev–Trinajstić information content (AvgIpc) is 3.11. The highest BCUT2D eigenvalue weighted by molar-refractivity contribution is 5.83. The number of alkyl halides is 3. The Labute approximate surface area is 168 Å². The number of rotatable bonds is 6. The Morgan fingerprint density at radius 3 is 2.47 bits per heavy atom. The van der Waals surface area contributed by atoms with Gasteiger partial charge in [0.15, 0.2) is 5.69 Å². The van der Waals surface area contributed by atoms with Crippen LogP contribution in [-0.4, -0.2) is 39.2 Å². The molecule has 1 aromatic carbocycles. The lowest BCUT2D eigenvalue weighted by molar-refractivity contribution is -0.148. The molecule has 0 N–H and O–H groups in total. The summed E-state index contributed by atoms with van der Waals surface area (Å²) in [5, 5.41) is 6.85. The van der Waals surface area contributed by atoms with Crippen LogP contribution in [0.4, 0.5) is 13.2 Å². The lowest BCUT2D eigenvalue weighted by Crippen LogP contribution is -2.25. The predicted molar refractivity (Wildman–Crippen MR) is 100 cm³/mol. The van der Waals surface area contributed by atoms with Gasteiger partial charge in [0.2, 0.25) is 0 Å². The molecule has 0 saturated carbocycles. The van der Waals surface area contributed by atoms with Gasteiger partial charge in [-0.3, -0.25) is 4.79 Å². The van der Waals surface area contributed by atoms with Crippen LogP contribution >= 0.6 is 0 Å². The molecule has 3 rings (SSSR count). The zero-order valence-electron chi connectivity index (χ0n) is 16.4. The highest BCUT2D eigenvalue weighted by Gasteiger charge is 2.39. The van der Waals surface area contributed by atoms with Crippen molar-refractivity contribution in [3.05, 3.63) is 52.1 Å². The Bertz CT molecular complexity index is 1120. The lowest BCUT2D eigenvalue weighted by atomic mass is 10.2. The van der Waals surface area contributed by atoms with Crippen molar-refractivity contribution < 1.29 is 27.4 Å². The molecule has 30 heavy (non-hydrogen) atoms. The quantitative estimate of drug-likeness (QED) is 0.566. The fourth-order valence-corrected chi connectivity index (χ4v) is 2.96. The van der Waals surface area contributed by atoms with E-state index in [4.69, 9.17) is 9.47 Å². The Morgan fingerprint density at radius 2 is 1.90 bits per heavy atom. The van der Waals surface area contributed by atoms with E-state index < -0.39 is 34.8 Å². The van der Waals surface area contributed by atoms with E-state index in [1.807, 2.05) is 0 Å². The number of carbonyl (C=O) groups excluding carboxylic acids is 1. The third-order valence-electron chi connectivity index (χ3n) is 4.47. The molecule has 2 heterocycles. The molecule has 0 aliphatic carbocycles. The van der Waals surface area contributed by atoms with E-state index in [1.165, 1.54) is 14.0 Å². The maximum absolute atomic E-state index is 13.6. The summed E-state index contributed by atoms with van der Waals surface area (Å²) in [6, 6.07) is 5.52. The van der Waals surface area contributed by atoms with Crippen LogP contribution in [0.25, 0.3) is 10.9 Å². The molecule has 2 aromatic heterocycles. The molecule has 0 saturated heterocycles. The van der Waals surface area contributed by atoms with Crippen molar-refractivity contribution >= 4 is 16.9 Å². The molecule has 3 aromatic rings. The number of ether oxygens (including phenoxy) is 2. The van der Waals surface area contributed by atoms with Crippen LogP contribution in [0.1, 0.15) is 31.1 Å². The first-order valence-corrected chi connectivity index (χ1v) is 9.02. The van der Waals surface area contributed by atoms with Gasteiger partial charge in [-0.15, -0.1) is 0 Å². The van der Waals surface area contributed by atoms with Crippen molar-refractivity contribution in [1.82, 2.24) is 19.6 Å². The largest absolute Gasteiger partial charge is 0.497 e. The summed E-state index contributed by atoms with van der Waals surface area (Å²) in [6.45, 7) is 2.93. The molecule has 11 heteroatoms. The van der Waals surface area contributed by atoms with Crippen molar-refractivity contribution in [3.63, 3.8) is 0 Å². The number of fused-ring (bicyclic) bond motifs is 1. The number of benzene rings is 1.